The van der Waals surface area contributed by atoms with Crippen LogP contribution in [-0.4, -0.2) is 44.2 Å². The molecule has 1 fully saturated rings. The van der Waals surface area contributed by atoms with Crippen LogP contribution in [-0.2, 0) is 24.3 Å². The van der Waals surface area contributed by atoms with Crippen LogP contribution in [0.5, 0.6) is 0 Å². The highest BCUT2D eigenvalue weighted by Gasteiger charge is 2.32. The van der Waals surface area contributed by atoms with Crippen molar-refractivity contribution in [1.82, 2.24) is 4.31 Å². The van der Waals surface area contributed by atoms with Gasteiger partial charge in [0.2, 0.25) is 10.0 Å². The minimum atomic E-state index is -3.55. The third kappa shape index (κ3) is 4.89. The Labute approximate surface area is 149 Å². The maximum Gasteiger partial charge on any atom is 0.309 e. The Kier molecular flexibility index (Phi) is 6.35. The number of hydrogen-bond donors (Lipinski definition) is 0. The molecule has 1 heterocycles. The van der Waals surface area contributed by atoms with Crippen LogP contribution in [0.1, 0.15) is 45.1 Å². The number of sulfonamides is 1. The zero-order valence-electron chi connectivity index (χ0n) is 14.9. The number of Topliss-reactive ketones (excluding diaryl/α,β-unsaturated/α-hetero) is 1. The first-order valence-corrected chi connectivity index (χ1v) is 9.92. The van der Waals surface area contributed by atoms with Gasteiger partial charge in [0, 0.05) is 13.1 Å². The van der Waals surface area contributed by atoms with Crippen molar-refractivity contribution in [2.75, 3.05) is 19.7 Å². The molecule has 0 unspecified atom stereocenters. The summed E-state index contributed by atoms with van der Waals surface area (Å²) in [4.78, 5) is 23.0. The Morgan fingerprint density at radius 1 is 1.16 bits per heavy atom. The summed E-state index contributed by atoms with van der Waals surface area (Å²) in [6, 6.07) is 6.95. The standard InChI is InChI=1S/C18H25NO5S/c1-13(2)15-4-6-17(7-5-15)25(22,23)19-10-8-16(9-11-19)18(21)24-12-14(3)20/h4-7,13,16H,8-12H2,1-3H3. The van der Waals surface area contributed by atoms with Gasteiger partial charge in [-0.05, 0) is 43.4 Å². The van der Waals surface area contributed by atoms with Gasteiger partial charge in [0.1, 0.15) is 6.61 Å². The summed E-state index contributed by atoms with van der Waals surface area (Å²) in [5, 5.41) is 0. The number of rotatable bonds is 6. The molecule has 7 heteroatoms. The highest BCUT2D eigenvalue weighted by atomic mass is 32.2. The van der Waals surface area contributed by atoms with E-state index >= 15 is 0 Å². The van der Waals surface area contributed by atoms with Gasteiger partial charge in [-0.25, -0.2) is 8.42 Å². The van der Waals surface area contributed by atoms with Crippen LogP contribution < -0.4 is 0 Å². The number of piperidine rings is 1. The molecule has 2 rings (SSSR count). The Hall–Kier alpha value is -1.73. The van der Waals surface area contributed by atoms with Crippen molar-refractivity contribution >= 4 is 21.8 Å². The van der Waals surface area contributed by atoms with Gasteiger partial charge in [-0.1, -0.05) is 26.0 Å². The molecule has 0 bridgehead atoms. The molecule has 1 aromatic carbocycles. The van der Waals surface area contributed by atoms with Gasteiger partial charge in [0.25, 0.3) is 0 Å². The lowest BCUT2D eigenvalue weighted by Gasteiger charge is -2.30. The van der Waals surface area contributed by atoms with E-state index in [-0.39, 0.29) is 36.3 Å². The van der Waals surface area contributed by atoms with E-state index in [1.165, 1.54) is 11.2 Å². The molecule has 1 aromatic rings. The molecule has 138 valence electrons. The minimum absolute atomic E-state index is 0.210. The average molecular weight is 367 g/mol. The van der Waals surface area contributed by atoms with Crippen LogP contribution in [0.3, 0.4) is 0 Å². The first kappa shape index (κ1) is 19.6. The number of ether oxygens (including phenoxy) is 1. The fourth-order valence-corrected chi connectivity index (χ4v) is 4.27. The van der Waals surface area contributed by atoms with E-state index in [4.69, 9.17) is 4.74 Å². The fraction of sp³-hybridized carbons (Fsp3) is 0.556. The van der Waals surface area contributed by atoms with Crippen LogP contribution in [0.25, 0.3) is 0 Å². The van der Waals surface area contributed by atoms with Gasteiger partial charge < -0.3 is 4.74 Å². The van der Waals surface area contributed by atoms with E-state index in [2.05, 4.69) is 13.8 Å². The SMILES string of the molecule is CC(=O)COC(=O)C1CCN(S(=O)(=O)c2ccc(C(C)C)cc2)CC1. The maximum absolute atomic E-state index is 12.7. The first-order valence-electron chi connectivity index (χ1n) is 8.48. The van der Waals surface area contributed by atoms with E-state index < -0.39 is 16.0 Å². The largest absolute Gasteiger partial charge is 0.457 e. The number of ketones is 1. The van der Waals surface area contributed by atoms with Gasteiger partial charge in [-0.3, -0.25) is 9.59 Å². The lowest BCUT2D eigenvalue weighted by Crippen LogP contribution is -2.40. The summed E-state index contributed by atoms with van der Waals surface area (Å²) < 4.78 is 31.8. The molecule has 0 saturated carbocycles. The van der Waals surface area contributed by atoms with Crippen molar-refractivity contribution in [3.63, 3.8) is 0 Å². The van der Waals surface area contributed by atoms with Gasteiger partial charge in [0.05, 0.1) is 10.8 Å². The fourth-order valence-electron chi connectivity index (χ4n) is 2.80. The zero-order chi connectivity index (χ0) is 18.6. The van der Waals surface area contributed by atoms with Crippen molar-refractivity contribution in [3.8, 4) is 0 Å². The molecule has 0 N–H and O–H groups in total. The topological polar surface area (TPSA) is 80.8 Å². The molecule has 1 saturated heterocycles. The van der Waals surface area contributed by atoms with Gasteiger partial charge in [-0.2, -0.15) is 4.31 Å². The molecule has 0 aliphatic carbocycles. The highest BCUT2D eigenvalue weighted by molar-refractivity contribution is 7.89. The Balaban J connectivity index is 1.99. The Morgan fingerprint density at radius 3 is 2.20 bits per heavy atom. The van der Waals surface area contributed by atoms with E-state index in [1.54, 1.807) is 12.1 Å². The van der Waals surface area contributed by atoms with Crippen molar-refractivity contribution in [3.05, 3.63) is 29.8 Å². The number of benzene rings is 1. The Bertz CT molecular complexity index is 716. The zero-order valence-corrected chi connectivity index (χ0v) is 15.7. The monoisotopic (exact) mass is 367 g/mol. The molecule has 0 spiro atoms. The molecule has 0 aromatic heterocycles. The predicted molar refractivity (Wildman–Crippen MR) is 93.7 cm³/mol. The second-order valence-electron chi connectivity index (χ2n) is 6.71. The normalized spacial score (nSPS) is 16.8. The third-order valence-corrected chi connectivity index (χ3v) is 6.30. The number of carbonyl (C=O) groups excluding carboxylic acids is 2. The van der Waals surface area contributed by atoms with E-state index in [1.807, 2.05) is 12.1 Å². The van der Waals surface area contributed by atoms with Crippen LogP contribution in [0.15, 0.2) is 29.2 Å². The van der Waals surface area contributed by atoms with Gasteiger partial charge >= 0.3 is 5.97 Å². The molecule has 0 amide bonds. The van der Waals surface area contributed by atoms with Crippen molar-refractivity contribution < 1.29 is 22.7 Å². The summed E-state index contributed by atoms with van der Waals surface area (Å²) >= 11 is 0. The molecule has 0 atom stereocenters. The molecule has 1 aliphatic rings. The average Bonchev–Trinajstić information content (AvgIpc) is 2.59. The first-order chi connectivity index (χ1) is 11.7. The summed E-state index contributed by atoms with van der Waals surface area (Å²) in [6.45, 7) is 5.79. The molecular formula is C18H25NO5S. The smallest absolute Gasteiger partial charge is 0.309 e. The summed E-state index contributed by atoms with van der Waals surface area (Å²) in [7, 11) is -3.55. The quantitative estimate of drug-likeness (QED) is 0.721. The number of hydrogen-bond acceptors (Lipinski definition) is 5. The molecule has 0 radical (unpaired) electrons. The number of nitrogens with zero attached hydrogens (tertiary/aromatic N) is 1. The highest BCUT2D eigenvalue weighted by Crippen LogP contribution is 2.25. The molecule has 6 nitrogen and oxygen atoms in total. The third-order valence-electron chi connectivity index (χ3n) is 4.39. The predicted octanol–water partition coefficient (Wildman–Crippen LogP) is 2.34. The van der Waals surface area contributed by atoms with Crippen LogP contribution >= 0.6 is 0 Å². The van der Waals surface area contributed by atoms with Crippen molar-refractivity contribution in [1.29, 1.82) is 0 Å². The van der Waals surface area contributed by atoms with Gasteiger partial charge in [0.15, 0.2) is 5.78 Å². The van der Waals surface area contributed by atoms with E-state index in [9.17, 15) is 18.0 Å². The molecule has 25 heavy (non-hydrogen) atoms. The van der Waals surface area contributed by atoms with Gasteiger partial charge in [-0.15, -0.1) is 0 Å². The lowest BCUT2D eigenvalue weighted by molar-refractivity contribution is -0.152. The maximum atomic E-state index is 12.7. The molecular weight excluding hydrogens is 342 g/mol. The van der Waals surface area contributed by atoms with E-state index in [0.717, 1.165) is 5.56 Å². The van der Waals surface area contributed by atoms with Crippen LogP contribution in [0, 0.1) is 5.92 Å². The second-order valence-corrected chi connectivity index (χ2v) is 8.65. The summed E-state index contributed by atoms with van der Waals surface area (Å²) in [6.07, 6.45) is 0.806. The van der Waals surface area contributed by atoms with Crippen molar-refractivity contribution in [2.45, 2.75) is 44.4 Å². The number of carbonyl (C=O) groups is 2. The lowest BCUT2D eigenvalue weighted by atomic mass is 9.98. The molecule has 1 aliphatic heterocycles. The minimum Gasteiger partial charge on any atom is -0.457 e. The Morgan fingerprint density at radius 2 is 1.72 bits per heavy atom. The van der Waals surface area contributed by atoms with Crippen molar-refractivity contribution in [2.24, 2.45) is 5.92 Å². The summed E-state index contributed by atoms with van der Waals surface area (Å²) in [5.74, 6) is -0.644. The van der Waals surface area contributed by atoms with E-state index in [0.29, 0.717) is 18.8 Å². The van der Waals surface area contributed by atoms with Crippen LogP contribution in [0.4, 0.5) is 0 Å². The second kappa shape index (κ2) is 8.10. The summed E-state index contributed by atoms with van der Waals surface area (Å²) in [5.41, 5.74) is 1.09. The van der Waals surface area contributed by atoms with Crippen LogP contribution in [0.2, 0.25) is 0 Å². The number of esters is 1.